The van der Waals surface area contributed by atoms with E-state index in [9.17, 15) is 39.0 Å². The van der Waals surface area contributed by atoms with Crippen LogP contribution in [0.2, 0.25) is 0 Å². The third-order valence-corrected chi connectivity index (χ3v) is 9.81. The maximum Gasteiger partial charge on any atom is 0.326 e. The lowest BCUT2D eigenvalue weighted by Crippen LogP contribution is -2.43. The van der Waals surface area contributed by atoms with E-state index in [2.05, 4.69) is 0 Å². The standard InChI is InChI=1S/C38H34N4O8/c43-33(35(45)39-17-15-25(20-39)37(47)48)28-21-40(30-8-3-1-6-26(28)30)18-23-11-13-24(14-12-23)19-41-22-29(27-7-2-4-9-31(27)41)34(44)36(46)42-16-5-10-32(42)38(49)50/h1-4,6-9,11-14,21-22,25,32H,5,10,15-20H2,(H,47,48)(H,49,50). The Labute approximate surface area is 286 Å². The maximum absolute atomic E-state index is 13.4. The molecule has 0 bridgehead atoms. The third-order valence-electron chi connectivity index (χ3n) is 9.81. The number of ketones is 2. The first-order valence-electron chi connectivity index (χ1n) is 16.5. The lowest BCUT2D eigenvalue weighted by Gasteiger charge is -2.20. The van der Waals surface area contributed by atoms with Crippen molar-refractivity contribution in [2.45, 2.75) is 38.4 Å². The highest BCUT2D eigenvalue weighted by atomic mass is 16.4. The van der Waals surface area contributed by atoms with Gasteiger partial charge < -0.3 is 29.1 Å². The van der Waals surface area contributed by atoms with Crippen LogP contribution >= 0.6 is 0 Å². The summed E-state index contributed by atoms with van der Waals surface area (Å²) in [6.45, 7) is 1.32. The number of rotatable bonds is 10. The molecule has 2 amide bonds. The second kappa shape index (κ2) is 13.1. The minimum atomic E-state index is -1.11. The number of carbonyl (C=O) groups excluding carboxylic acids is 4. The van der Waals surface area contributed by atoms with Crippen LogP contribution in [0.4, 0.5) is 0 Å². The minimum absolute atomic E-state index is 0.0191. The average Bonchev–Trinajstić information content (AvgIpc) is 3.94. The molecule has 2 unspecified atom stereocenters. The molecule has 0 spiro atoms. The van der Waals surface area contributed by atoms with Crippen molar-refractivity contribution in [3.05, 3.63) is 107 Å². The fourth-order valence-corrected chi connectivity index (χ4v) is 7.18. The smallest absolute Gasteiger partial charge is 0.326 e. The number of para-hydroxylation sites is 2. The van der Waals surface area contributed by atoms with E-state index in [-0.39, 0.29) is 30.8 Å². The van der Waals surface area contributed by atoms with E-state index < -0.39 is 47.3 Å². The van der Waals surface area contributed by atoms with Crippen molar-refractivity contribution in [2.75, 3.05) is 19.6 Å². The van der Waals surface area contributed by atoms with Crippen molar-refractivity contribution in [3.8, 4) is 0 Å². The zero-order valence-electron chi connectivity index (χ0n) is 27.0. The summed E-state index contributed by atoms with van der Waals surface area (Å²) in [5, 5.41) is 20.1. The summed E-state index contributed by atoms with van der Waals surface area (Å²) in [4.78, 5) is 78.5. The van der Waals surface area contributed by atoms with Crippen molar-refractivity contribution >= 4 is 57.1 Å². The number of carboxylic acids is 2. The molecule has 2 atom stereocenters. The lowest BCUT2D eigenvalue weighted by atomic mass is 10.1. The summed E-state index contributed by atoms with van der Waals surface area (Å²) >= 11 is 0. The molecule has 4 heterocycles. The molecule has 7 rings (SSSR count). The number of aromatic nitrogens is 2. The second-order valence-electron chi connectivity index (χ2n) is 12.9. The van der Waals surface area contributed by atoms with Crippen LogP contribution in [-0.2, 0) is 32.3 Å². The number of likely N-dealkylation sites (tertiary alicyclic amines) is 2. The highest BCUT2D eigenvalue weighted by molar-refractivity contribution is 6.45. The summed E-state index contributed by atoms with van der Waals surface area (Å²) in [7, 11) is 0. The van der Waals surface area contributed by atoms with Crippen LogP contribution < -0.4 is 0 Å². The third kappa shape index (κ3) is 5.93. The molecular formula is C38H34N4O8. The van der Waals surface area contributed by atoms with E-state index >= 15 is 0 Å². The average molecular weight is 675 g/mol. The Hall–Kier alpha value is -6.04. The van der Waals surface area contributed by atoms with Crippen LogP contribution in [0.1, 0.15) is 51.1 Å². The van der Waals surface area contributed by atoms with Crippen molar-refractivity contribution in [1.82, 2.24) is 18.9 Å². The highest BCUT2D eigenvalue weighted by Gasteiger charge is 2.38. The Kier molecular flexibility index (Phi) is 8.52. The van der Waals surface area contributed by atoms with Gasteiger partial charge in [0.05, 0.1) is 17.0 Å². The number of hydrogen-bond acceptors (Lipinski definition) is 6. The molecule has 2 aromatic heterocycles. The van der Waals surface area contributed by atoms with Crippen LogP contribution in [0.5, 0.6) is 0 Å². The predicted octanol–water partition coefficient (Wildman–Crippen LogP) is 4.07. The van der Waals surface area contributed by atoms with Gasteiger partial charge in [-0.25, -0.2) is 4.79 Å². The van der Waals surface area contributed by atoms with Gasteiger partial charge in [0.25, 0.3) is 23.4 Å². The van der Waals surface area contributed by atoms with Crippen molar-refractivity contribution < 1.29 is 39.0 Å². The quantitative estimate of drug-likeness (QED) is 0.166. The number of benzene rings is 3. The van der Waals surface area contributed by atoms with Crippen LogP contribution in [-0.4, -0.2) is 90.1 Å². The Morgan fingerprint density at radius 2 is 1.14 bits per heavy atom. The van der Waals surface area contributed by atoms with E-state index in [1.54, 1.807) is 36.7 Å². The van der Waals surface area contributed by atoms with Gasteiger partial charge in [0.2, 0.25) is 0 Å². The van der Waals surface area contributed by atoms with Crippen molar-refractivity contribution in [2.24, 2.45) is 5.92 Å². The largest absolute Gasteiger partial charge is 0.481 e. The molecule has 2 saturated heterocycles. The van der Waals surface area contributed by atoms with Crippen LogP contribution in [0.3, 0.4) is 0 Å². The van der Waals surface area contributed by atoms with E-state index in [1.165, 1.54) is 4.90 Å². The van der Waals surface area contributed by atoms with Gasteiger partial charge in [-0.15, -0.1) is 0 Å². The van der Waals surface area contributed by atoms with Gasteiger partial charge in [0.1, 0.15) is 6.04 Å². The van der Waals surface area contributed by atoms with Gasteiger partial charge >= 0.3 is 11.9 Å². The monoisotopic (exact) mass is 674 g/mol. The Morgan fingerprint density at radius 1 is 0.620 bits per heavy atom. The molecule has 2 fully saturated rings. The Morgan fingerprint density at radius 3 is 1.64 bits per heavy atom. The summed E-state index contributed by atoms with van der Waals surface area (Å²) in [5.41, 5.74) is 3.93. The SMILES string of the molecule is O=C(C(=O)N1CCC(C(=O)O)C1)c1cn(Cc2ccc(Cn3cc(C(=O)C(=O)N4CCCC4C(=O)O)c4ccccc43)cc2)c2ccccc12. The predicted molar refractivity (Wildman–Crippen MR) is 182 cm³/mol. The fourth-order valence-electron chi connectivity index (χ4n) is 7.18. The topological polar surface area (TPSA) is 159 Å². The first-order valence-corrected chi connectivity index (χ1v) is 16.5. The Bertz CT molecular complexity index is 2200. The molecule has 0 aliphatic carbocycles. The normalized spacial score (nSPS) is 17.4. The number of carboxylic acid groups (broad SMARTS) is 2. The number of aliphatic carboxylic acids is 2. The van der Waals surface area contributed by atoms with E-state index in [1.807, 2.05) is 57.7 Å². The van der Waals surface area contributed by atoms with E-state index in [4.69, 9.17) is 0 Å². The molecule has 12 nitrogen and oxygen atoms in total. The molecule has 0 radical (unpaired) electrons. The summed E-state index contributed by atoms with van der Waals surface area (Å²) in [5.74, 6) is -5.66. The van der Waals surface area contributed by atoms with Gasteiger partial charge in [-0.05, 0) is 42.5 Å². The first-order chi connectivity index (χ1) is 24.1. The van der Waals surface area contributed by atoms with Gasteiger partial charge in [-0.3, -0.25) is 24.0 Å². The highest BCUT2D eigenvalue weighted by Crippen LogP contribution is 2.27. The molecule has 5 aromatic rings. The van der Waals surface area contributed by atoms with Gasteiger partial charge in [0, 0.05) is 66.9 Å². The summed E-state index contributed by atoms with van der Waals surface area (Å²) < 4.78 is 3.81. The number of carbonyl (C=O) groups is 6. The zero-order chi connectivity index (χ0) is 35.1. The Balaban J connectivity index is 1.09. The fraction of sp³-hybridized carbons (Fsp3) is 0.263. The van der Waals surface area contributed by atoms with Crippen LogP contribution in [0.15, 0.2) is 85.2 Å². The molecule has 2 N–H and O–H groups in total. The zero-order valence-corrected chi connectivity index (χ0v) is 27.0. The summed E-state index contributed by atoms with van der Waals surface area (Å²) in [6.07, 6.45) is 4.50. The van der Waals surface area contributed by atoms with Crippen LogP contribution in [0.25, 0.3) is 21.8 Å². The molecule has 50 heavy (non-hydrogen) atoms. The molecule has 2 aliphatic heterocycles. The number of hydrogen-bond donors (Lipinski definition) is 2. The number of nitrogens with zero attached hydrogens (tertiary/aromatic N) is 4. The van der Waals surface area contributed by atoms with Gasteiger partial charge in [-0.2, -0.15) is 0 Å². The van der Waals surface area contributed by atoms with Crippen molar-refractivity contribution in [3.63, 3.8) is 0 Å². The molecule has 254 valence electrons. The molecule has 0 saturated carbocycles. The van der Waals surface area contributed by atoms with E-state index in [0.717, 1.165) is 27.1 Å². The number of Topliss-reactive ketones (excluding diaryl/α,β-unsaturated/α-hetero) is 2. The number of fused-ring (bicyclic) bond motifs is 2. The molecule has 2 aliphatic rings. The summed E-state index contributed by atoms with van der Waals surface area (Å²) in [6, 6.07) is 21.5. The lowest BCUT2D eigenvalue weighted by molar-refractivity contribution is -0.146. The van der Waals surface area contributed by atoms with E-state index in [0.29, 0.717) is 43.1 Å². The van der Waals surface area contributed by atoms with Gasteiger partial charge in [-0.1, -0.05) is 60.7 Å². The molecule has 3 aromatic carbocycles. The van der Waals surface area contributed by atoms with Crippen molar-refractivity contribution in [1.29, 1.82) is 0 Å². The molecular weight excluding hydrogens is 640 g/mol. The van der Waals surface area contributed by atoms with Gasteiger partial charge in [0.15, 0.2) is 0 Å². The molecule has 12 heteroatoms. The first kappa shape index (κ1) is 32.5. The van der Waals surface area contributed by atoms with Crippen LogP contribution in [0, 0.1) is 5.92 Å². The maximum atomic E-state index is 13.4. The minimum Gasteiger partial charge on any atom is -0.481 e. The second-order valence-corrected chi connectivity index (χ2v) is 12.9. The number of amides is 2.